The Labute approximate surface area is 184 Å². The highest BCUT2D eigenvalue weighted by Crippen LogP contribution is 2.34. The Bertz CT molecular complexity index is 1230. The Kier molecular flexibility index (Phi) is 5.89. The first-order valence-corrected chi connectivity index (χ1v) is 10.1. The minimum atomic E-state index is -0.574. The molecule has 0 saturated heterocycles. The van der Waals surface area contributed by atoms with Crippen LogP contribution in [0.4, 0.5) is 11.4 Å². The number of nitrogens with zero attached hydrogens (tertiary/aromatic N) is 2. The van der Waals surface area contributed by atoms with Crippen LogP contribution in [0.2, 0.25) is 0 Å². The number of carbonyl (C=O) groups excluding carboxylic acids is 2. The molecule has 2 amide bonds. The molecule has 0 radical (unpaired) electrons. The van der Waals surface area contributed by atoms with E-state index in [0.29, 0.717) is 22.9 Å². The Morgan fingerprint density at radius 3 is 2.50 bits per heavy atom. The van der Waals surface area contributed by atoms with Crippen molar-refractivity contribution in [1.29, 1.82) is 0 Å². The largest absolute Gasteiger partial charge is 0.454 e. The molecule has 1 aliphatic rings. The second kappa shape index (κ2) is 8.93. The molecule has 0 saturated carbocycles. The first-order valence-electron chi connectivity index (χ1n) is 10.1. The van der Waals surface area contributed by atoms with Crippen molar-refractivity contribution in [2.75, 3.05) is 17.4 Å². The molecule has 0 spiro atoms. The van der Waals surface area contributed by atoms with Crippen LogP contribution in [0.5, 0.6) is 11.5 Å². The van der Waals surface area contributed by atoms with Gasteiger partial charge in [-0.25, -0.2) is 4.68 Å². The number of nitrogens with one attached hydrogen (secondary N) is 2. The van der Waals surface area contributed by atoms with Crippen LogP contribution in [0, 0.1) is 0 Å². The third kappa shape index (κ3) is 4.61. The predicted molar refractivity (Wildman–Crippen MR) is 119 cm³/mol. The van der Waals surface area contributed by atoms with Crippen molar-refractivity contribution in [1.82, 2.24) is 9.78 Å². The summed E-state index contributed by atoms with van der Waals surface area (Å²) >= 11 is 0. The van der Waals surface area contributed by atoms with Gasteiger partial charge in [-0.15, -0.1) is 0 Å². The van der Waals surface area contributed by atoms with Crippen LogP contribution in [-0.2, 0) is 22.6 Å². The van der Waals surface area contributed by atoms with Gasteiger partial charge in [0.1, 0.15) is 12.2 Å². The summed E-state index contributed by atoms with van der Waals surface area (Å²) in [5, 5.41) is 9.60. The molecular formula is C23H22N4O5. The Morgan fingerprint density at radius 1 is 1.03 bits per heavy atom. The fourth-order valence-corrected chi connectivity index (χ4v) is 3.29. The van der Waals surface area contributed by atoms with E-state index >= 15 is 0 Å². The normalized spacial score (nSPS) is 11.8. The highest BCUT2D eigenvalue weighted by molar-refractivity contribution is 5.91. The van der Waals surface area contributed by atoms with Gasteiger partial charge in [0.2, 0.25) is 18.6 Å². The fraction of sp³-hybridized carbons (Fsp3) is 0.217. The number of carbonyl (C=O) groups is 2. The zero-order valence-corrected chi connectivity index (χ0v) is 17.7. The number of aryl methyl sites for hydroxylation is 1. The molecule has 2 heterocycles. The van der Waals surface area contributed by atoms with Crippen LogP contribution in [0.15, 0.2) is 53.3 Å². The molecule has 9 heteroatoms. The molecule has 0 atom stereocenters. The molecule has 32 heavy (non-hydrogen) atoms. The summed E-state index contributed by atoms with van der Waals surface area (Å²) in [7, 11) is 0. The predicted octanol–water partition coefficient (Wildman–Crippen LogP) is 2.80. The highest BCUT2D eigenvalue weighted by atomic mass is 16.7. The molecule has 1 aromatic heterocycles. The molecule has 2 aromatic carbocycles. The van der Waals surface area contributed by atoms with Gasteiger partial charge in [0, 0.05) is 24.2 Å². The topological polar surface area (TPSA) is 112 Å². The number of benzene rings is 2. The summed E-state index contributed by atoms with van der Waals surface area (Å²) in [4.78, 5) is 37.0. The van der Waals surface area contributed by atoms with E-state index in [1.807, 2.05) is 24.3 Å². The fourth-order valence-electron chi connectivity index (χ4n) is 3.29. The molecule has 0 aliphatic carbocycles. The van der Waals surface area contributed by atoms with Gasteiger partial charge in [-0.2, -0.15) is 5.10 Å². The van der Waals surface area contributed by atoms with Crippen LogP contribution in [0.3, 0.4) is 0 Å². The number of amides is 2. The molecule has 1 aliphatic heterocycles. The second-order valence-electron chi connectivity index (χ2n) is 7.25. The van der Waals surface area contributed by atoms with Crippen molar-refractivity contribution >= 4 is 23.2 Å². The average molecular weight is 434 g/mol. The van der Waals surface area contributed by atoms with Crippen molar-refractivity contribution in [2.45, 2.75) is 26.8 Å². The summed E-state index contributed by atoms with van der Waals surface area (Å²) in [5.41, 5.74) is 2.37. The van der Waals surface area contributed by atoms with Crippen molar-refractivity contribution in [3.8, 4) is 22.8 Å². The molecule has 4 rings (SSSR count). The highest BCUT2D eigenvalue weighted by Gasteiger charge is 2.16. The van der Waals surface area contributed by atoms with Gasteiger partial charge < -0.3 is 20.1 Å². The van der Waals surface area contributed by atoms with E-state index in [-0.39, 0.29) is 19.0 Å². The molecule has 0 bridgehead atoms. The monoisotopic (exact) mass is 434 g/mol. The molecular weight excluding hydrogens is 412 g/mol. The lowest BCUT2D eigenvalue weighted by molar-refractivity contribution is -0.117. The molecule has 0 unspecified atom stereocenters. The van der Waals surface area contributed by atoms with E-state index in [1.165, 1.54) is 13.0 Å². The minimum Gasteiger partial charge on any atom is -0.454 e. The van der Waals surface area contributed by atoms with E-state index in [0.717, 1.165) is 22.2 Å². The van der Waals surface area contributed by atoms with Crippen molar-refractivity contribution in [3.63, 3.8) is 0 Å². The summed E-state index contributed by atoms with van der Waals surface area (Å²) in [5.74, 6) is 0.286. The molecule has 164 valence electrons. The number of hydrogen-bond acceptors (Lipinski definition) is 6. The molecule has 2 N–H and O–H groups in total. The van der Waals surface area contributed by atoms with E-state index < -0.39 is 17.4 Å². The van der Waals surface area contributed by atoms with Crippen molar-refractivity contribution < 1.29 is 19.1 Å². The summed E-state index contributed by atoms with van der Waals surface area (Å²) in [6, 6.07) is 14.2. The van der Waals surface area contributed by atoms with E-state index in [2.05, 4.69) is 22.7 Å². The Hall–Kier alpha value is -4.14. The minimum absolute atomic E-state index is 0.0537. The third-order valence-corrected chi connectivity index (χ3v) is 4.89. The SMILES string of the molecule is CCc1ccc(-c2cc(NC(C)=O)c(=O)n(CC(=O)Nc3ccc4c(c3)OCO4)n2)cc1. The first-order chi connectivity index (χ1) is 15.4. The van der Waals surface area contributed by atoms with Gasteiger partial charge >= 0.3 is 0 Å². The number of anilines is 2. The smallest absolute Gasteiger partial charge is 0.291 e. The summed E-state index contributed by atoms with van der Waals surface area (Å²) in [6.07, 6.45) is 0.893. The average Bonchev–Trinajstić information content (AvgIpc) is 3.24. The molecule has 9 nitrogen and oxygen atoms in total. The standard InChI is InChI=1S/C23H22N4O5/c1-3-15-4-6-16(7-5-15)18-11-19(24-14(2)28)23(30)27(26-18)12-22(29)25-17-8-9-20-21(10-17)32-13-31-20/h4-11H,3,12-13H2,1-2H3,(H,24,28)(H,25,29). The van der Waals surface area contributed by atoms with Gasteiger partial charge in [0.25, 0.3) is 5.56 Å². The van der Waals surface area contributed by atoms with E-state index in [9.17, 15) is 14.4 Å². The van der Waals surface area contributed by atoms with Crippen molar-refractivity contribution in [2.24, 2.45) is 0 Å². The van der Waals surface area contributed by atoms with Gasteiger partial charge in [0.05, 0.1) is 5.69 Å². The van der Waals surface area contributed by atoms with Crippen molar-refractivity contribution in [3.05, 3.63) is 64.4 Å². The van der Waals surface area contributed by atoms with E-state index in [4.69, 9.17) is 9.47 Å². The maximum Gasteiger partial charge on any atom is 0.291 e. The zero-order valence-electron chi connectivity index (χ0n) is 17.7. The quantitative estimate of drug-likeness (QED) is 0.617. The van der Waals surface area contributed by atoms with Gasteiger partial charge in [-0.1, -0.05) is 31.2 Å². The first kappa shape index (κ1) is 21.1. The Balaban J connectivity index is 1.61. The van der Waals surface area contributed by atoms with E-state index in [1.54, 1.807) is 18.2 Å². The second-order valence-corrected chi connectivity index (χ2v) is 7.25. The van der Waals surface area contributed by atoms with Gasteiger partial charge in [-0.3, -0.25) is 14.4 Å². The number of aromatic nitrogens is 2. The Morgan fingerprint density at radius 2 is 1.78 bits per heavy atom. The molecule has 0 fully saturated rings. The van der Waals surface area contributed by atoms with Crippen LogP contribution in [-0.4, -0.2) is 28.4 Å². The summed E-state index contributed by atoms with van der Waals surface area (Å²) < 4.78 is 11.6. The lowest BCUT2D eigenvalue weighted by atomic mass is 10.1. The van der Waals surface area contributed by atoms with Crippen LogP contribution < -0.4 is 25.7 Å². The van der Waals surface area contributed by atoms with Crippen LogP contribution in [0.1, 0.15) is 19.4 Å². The summed E-state index contributed by atoms with van der Waals surface area (Å²) in [6.45, 7) is 3.16. The van der Waals surface area contributed by atoms with Crippen LogP contribution >= 0.6 is 0 Å². The number of rotatable bonds is 6. The number of ether oxygens (including phenoxy) is 2. The maximum absolute atomic E-state index is 12.8. The molecule has 3 aromatic rings. The lowest BCUT2D eigenvalue weighted by Crippen LogP contribution is -2.32. The number of hydrogen-bond donors (Lipinski definition) is 2. The number of fused-ring (bicyclic) bond motifs is 1. The van der Waals surface area contributed by atoms with Crippen LogP contribution in [0.25, 0.3) is 11.3 Å². The maximum atomic E-state index is 12.8. The lowest BCUT2D eigenvalue weighted by Gasteiger charge is -2.12. The van der Waals surface area contributed by atoms with Gasteiger partial charge in [0.15, 0.2) is 11.5 Å². The zero-order chi connectivity index (χ0) is 22.7. The van der Waals surface area contributed by atoms with Gasteiger partial charge in [-0.05, 0) is 30.2 Å². The third-order valence-electron chi connectivity index (χ3n) is 4.89.